The second-order valence-electron chi connectivity index (χ2n) is 3.39. The highest BCUT2D eigenvalue weighted by molar-refractivity contribution is 6.17. The fourth-order valence-electron chi connectivity index (χ4n) is 0.897. The number of alkyl halides is 1. The van der Waals surface area contributed by atoms with E-state index in [1.165, 1.54) is 19.3 Å². The molecule has 0 heterocycles. The Labute approximate surface area is 102 Å². The molecule has 0 fully saturated rings. The molecular formula is C11H21ClO4. The van der Waals surface area contributed by atoms with E-state index in [4.69, 9.17) is 21.8 Å². The summed E-state index contributed by atoms with van der Waals surface area (Å²) in [5, 5.41) is 16.3. The molecule has 0 spiro atoms. The maximum atomic E-state index is 9.90. The number of carboxylic acids is 2. The highest BCUT2D eigenvalue weighted by Crippen LogP contribution is 1.98. The summed E-state index contributed by atoms with van der Waals surface area (Å²) in [6.07, 6.45) is 4.75. The van der Waals surface area contributed by atoms with Crippen molar-refractivity contribution in [1.29, 1.82) is 0 Å². The maximum absolute atomic E-state index is 9.90. The fraction of sp³-hybridized carbons (Fsp3) is 0.818. The van der Waals surface area contributed by atoms with E-state index in [2.05, 4.69) is 6.92 Å². The molecule has 5 heteroatoms. The van der Waals surface area contributed by atoms with Gasteiger partial charge < -0.3 is 10.2 Å². The molecular weight excluding hydrogens is 232 g/mol. The van der Waals surface area contributed by atoms with Gasteiger partial charge in [0.1, 0.15) is 0 Å². The second kappa shape index (κ2) is 14.2. The van der Waals surface area contributed by atoms with Gasteiger partial charge in [-0.2, -0.15) is 0 Å². The predicted octanol–water partition coefficient (Wildman–Crippen LogP) is 3.13. The van der Waals surface area contributed by atoms with Crippen LogP contribution in [0.15, 0.2) is 0 Å². The van der Waals surface area contributed by atoms with Crippen molar-refractivity contribution in [3.8, 4) is 0 Å². The molecule has 0 bridgehead atoms. The van der Waals surface area contributed by atoms with Gasteiger partial charge in [0.2, 0.25) is 0 Å². The Bertz CT molecular complexity index is 163. The molecule has 0 saturated carbocycles. The molecule has 96 valence electrons. The van der Waals surface area contributed by atoms with E-state index >= 15 is 0 Å². The van der Waals surface area contributed by atoms with Crippen LogP contribution in [0.2, 0.25) is 0 Å². The molecule has 0 aromatic heterocycles. The number of aliphatic carboxylic acids is 2. The van der Waals surface area contributed by atoms with E-state index in [-0.39, 0.29) is 12.8 Å². The Balaban J connectivity index is 0. The average Bonchev–Trinajstić information content (AvgIpc) is 2.22. The van der Waals surface area contributed by atoms with Crippen LogP contribution >= 0.6 is 11.6 Å². The summed E-state index contributed by atoms with van der Waals surface area (Å²) >= 11 is 5.38. The van der Waals surface area contributed by atoms with Gasteiger partial charge in [0, 0.05) is 18.7 Å². The Kier molecular flexibility index (Phi) is 15.7. The second-order valence-corrected chi connectivity index (χ2v) is 3.77. The zero-order chi connectivity index (χ0) is 12.8. The van der Waals surface area contributed by atoms with Crippen LogP contribution in [0.5, 0.6) is 0 Å². The predicted molar refractivity (Wildman–Crippen MR) is 64.0 cm³/mol. The van der Waals surface area contributed by atoms with Crippen molar-refractivity contribution in [3.05, 3.63) is 0 Å². The number of carboxylic acid groups (broad SMARTS) is 2. The quantitative estimate of drug-likeness (QED) is 0.514. The van der Waals surface area contributed by atoms with Crippen molar-refractivity contribution in [3.63, 3.8) is 0 Å². The fourth-order valence-corrected chi connectivity index (χ4v) is 1.09. The van der Waals surface area contributed by atoms with E-state index in [0.29, 0.717) is 12.8 Å². The van der Waals surface area contributed by atoms with Crippen molar-refractivity contribution >= 4 is 23.5 Å². The van der Waals surface area contributed by atoms with E-state index < -0.39 is 11.9 Å². The lowest BCUT2D eigenvalue weighted by Crippen LogP contribution is -1.97. The smallest absolute Gasteiger partial charge is 0.303 e. The summed E-state index contributed by atoms with van der Waals surface area (Å²) in [5.41, 5.74) is 0. The molecule has 0 aliphatic heterocycles. The largest absolute Gasteiger partial charge is 0.481 e. The third-order valence-corrected chi connectivity index (χ3v) is 2.04. The molecule has 0 aromatic carbocycles. The van der Waals surface area contributed by atoms with Crippen LogP contribution < -0.4 is 0 Å². The molecule has 0 aliphatic rings. The van der Waals surface area contributed by atoms with Crippen molar-refractivity contribution in [2.45, 2.75) is 51.9 Å². The molecule has 16 heavy (non-hydrogen) atoms. The third kappa shape index (κ3) is 23.2. The molecule has 0 saturated heterocycles. The van der Waals surface area contributed by atoms with Gasteiger partial charge in [-0.1, -0.05) is 19.8 Å². The van der Waals surface area contributed by atoms with E-state index in [9.17, 15) is 9.59 Å². The van der Waals surface area contributed by atoms with Gasteiger partial charge in [0.25, 0.3) is 0 Å². The zero-order valence-corrected chi connectivity index (χ0v) is 10.5. The van der Waals surface area contributed by atoms with Crippen LogP contribution in [-0.4, -0.2) is 28.0 Å². The number of halogens is 1. The van der Waals surface area contributed by atoms with Crippen LogP contribution in [0.1, 0.15) is 51.9 Å². The minimum Gasteiger partial charge on any atom is -0.481 e. The number of hydrogen-bond donors (Lipinski definition) is 2. The average molecular weight is 253 g/mol. The normalized spacial score (nSPS) is 9.12. The lowest BCUT2D eigenvalue weighted by molar-refractivity contribution is -0.139. The lowest BCUT2D eigenvalue weighted by Gasteiger charge is -1.92. The van der Waals surface area contributed by atoms with E-state index in [1.807, 2.05) is 0 Å². The molecule has 4 nitrogen and oxygen atoms in total. The van der Waals surface area contributed by atoms with Crippen LogP contribution in [0, 0.1) is 0 Å². The summed E-state index contributed by atoms with van der Waals surface area (Å²) < 4.78 is 0. The topological polar surface area (TPSA) is 74.6 Å². The molecule has 0 radical (unpaired) electrons. The van der Waals surface area contributed by atoms with Crippen LogP contribution in [-0.2, 0) is 9.59 Å². The summed E-state index contributed by atoms with van der Waals surface area (Å²) in [6.45, 7) is 2.17. The number of unbranched alkanes of at least 4 members (excludes halogenated alkanes) is 3. The first-order valence-electron chi connectivity index (χ1n) is 5.54. The van der Waals surface area contributed by atoms with Crippen molar-refractivity contribution in [2.24, 2.45) is 0 Å². The molecule has 2 N–H and O–H groups in total. The highest BCUT2D eigenvalue weighted by atomic mass is 35.5. The minimum absolute atomic E-state index is 0.0628. The summed E-state index contributed by atoms with van der Waals surface area (Å²) in [6, 6.07) is 0. The van der Waals surface area contributed by atoms with E-state index in [0.717, 1.165) is 5.88 Å². The molecule has 0 aromatic rings. The third-order valence-electron chi connectivity index (χ3n) is 1.77. The summed E-state index contributed by atoms with van der Waals surface area (Å²) in [4.78, 5) is 19.8. The van der Waals surface area contributed by atoms with Crippen LogP contribution in [0.4, 0.5) is 0 Å². The van der Waals surface area contributed by atoms with Gasteiger partial charge in [-0.25, -0.2) is 0 Å². The molecule has 0 amide bonds. The highest BCUT2D eigenvalue weighted by Gasteiger charge is 1.99. The van der Waals surface area contributed by atoms with Crippen LogP contribution in [0.25, 0.3) is 0 Å². The molecule has 0 rings (SSSR count). The molecule has 0 atom stereocenters. The number of carbonyl (C=O) groups is 2. The zero-order valence-electron chi connectivity index (χ0n) is 9.75. The summed E-state index contributed by atoms with van der Waals surface area (Å²) in [7, 11) is 0. The Morgan fingerprint density at radius 1 is 0.938 bits per heavy atom. The van der Waals surface area contributed by atoms with Gasteiger partial charge in [0.15, 0.2) is 0 Å². The van der Waals surface area contributed by atoms with Crippen LogP contribution in [0.3, 0.4) is 0 Å². The first-order chi connectivity index (χ1) is 7.54. The van der Waals surface area contributed by atoms with Crippen molar-refractivity contribution in [1.82, 2.24) is 0 Å². The first-order valence-corrected chi connectivity index (χ1v) is 6.07. The maximum Gasteiger partial charge on any atom is 0.303 e. The summed E-state index contributed by atoms with van der Waals surface area (Å²) in [5.74, 6) is -0.913. The standard InChI is InChI=1S/C6H10O4.C5H11Cl/c7-5(8)3-1-2-4-6(9)10;1-2-3-4-5-6/h1-4H2,(H,7,8)(H,9,10);2-5H2,1H3. The molecule has 0 aliphatic carbocycles. The molecule has 0 unspecified atom stereocenters. The number of hydrogen-bond acceptors (Lipinski definition) is 2. The minimum atomic E-state index is -0.870. The van der Waals surface area contributed by atoms with Gasteiger partial charge in [-0.15, -0.1) is 11.6 Å². The van der Waals surface area contributed by atoms with Gasteiger partial charge in [0.05, 0.1) is 0 Å². The SMILES string of the molecule is CCCCCCl.O=C(O)CCCCC(=O)O. The Morgan fingerprint density at radius 2 is 1.38 bits per heavy atom. The lowest BCUT2D eigenvalue weighted by atomic mass is 10.2. The van der Waals surface area contributed by atoms with E-state index in [1.54, 1.807) is 0 Å². The Hall–Kier alpha value is -0.770. The Morgan fingerprint density at radius 3 is 1.56 bits per heavy atom. The number of rotatable bonds is 8. The van der Waals surface area contributed by atoms with Gasteiger partial charge in [-0.05, 0) is 19.3 Å². The first kappa shape index (κ1) is 17.6. The van der Waals surface area contributed by atoms with Gasteiger partial charge >= 0.3 is 11.9 Å². The van der Waals surface area contributed by atoms with Gasteiger partial charge in [-0.3, -0.25) is 9.59 Å². The van der Waals surface area contributed by atoms with Crippen molar-refractivity contribution < 1.29 is 19.8 Å². The van der Waals surface area contributed by atoms with Crippen molar-refractivity contribution in [2.75, 3.05) is 5.88 Å². The monoisotopic (exact) mass is 252 g/mol.